The smallest absolute Gasteiger partial charge is 0.261 e. The second-order valence-corrected chi connectivity index (χ2v) is 8.42. The van der Waals surface area contributed by atoms with Crippen molar-refractivity contribution >= 4 is 27.5 Å². The van der Waals surface area contributed by atoms with Crippen LogP contribution in [-0.4, -0.2) is 25.5 Å². The van der Waals surface area contributed by atoms with Crippen molar-refractivity contribution in [2.75, 3.05) is 0 Å². The molecule has 1 aliphatic rings. The first-order chi connectivity index (χ1) is 14.0. The summed E-state index contributed by atoms with van der Waals surface area (Å²) in [5, 5.41) is 13.0. The Labute approximate surface area is 171 Å². The van der Waals surface area contributed by atoms with E-state index in [1.807, 2.05) is 30.9 Å². The van der Waals surface area contributed by atoms with Gasteiger partial charge in [0.05, 0.1) is 28.5 Å². The average Bonchev–Trinajstić information content (AvgIpc) is 3.39. The Morgan fingerprint density at radius 2 is 2.10 bits per heavy atom. The third kappa shape index (κ3) is 3.04. The molecule has 0 saturated carbocycles. The summed E-state index contributed by atoms with van der Waals surface area (Å²) in [5.41, 5.74) is 3.92. The number of carbonyl (C=O) groups excluding carboxylic acids is 1. The summed E-state index contributed by atoms with van der Waals surface area (Å²) in [6.45, 7) is 1.92. The van der Waals surface area contributed by atoms with Crippen molar-refractivity contribution in [1.29, 1.82) is 0 Å². The summed E-state index contributed by atoms with van der Waals surface area (Å²) in [4.78, 5) is 14.5. The fraction of sp³-hybridized carbons (Fsp3) is 0.286. The first-order valence-corrected chi connectivity index (χ1v) is 10.4. The molecule has 0 radical (unpaired) electrons. The summed E-state index contributed by atoms with van der Waals surface area (Å²) < 4.78 is 16.9. The number of halogens is 1. The van der Waals surface area contributed by atoms with Crippen LogP contribution in [-0.2, 0) is 13.5 Å². The molecule has 29 heavy (non-hydrogen) atoms. The van der Waals surface area contributed by atoms with Gasteiger partial charge < -0.3 is 5.32 Å². The molecular weight excluding hydrogens is 389 g/mol. The Balaban J connectivity index is 1.46. The zero-order chi connectivity index (χ0) is 20.1. The van der Waals surface area contributed by atoms with Crippen LogP contribution in [0.2, 0.25) is 0 Å². The lowest BCUT2D eigenvalue weighted by molar-refractivity contribution is 0.0937. The van der Waals surface area contributed by atoms with Gasteiger partial charge in [-0.3, -0.25) is 9.48 Å². The van der Waals surface area contributed by atoms with E-state index in [-0.39, 0.29) is 17.8 Å². The number of aryl methyl sites for hydroxylation is 2. The Morgan fingerprint density at radius 1 is 1.31 bits per heavy atom. The highest BCUT2D eigenvalue weighted by molar-refractivity contribution is 7.20. The first-order valence-electron chi connectivity index (χ1n) is 9.58. The van der Waals surface area contributed by atoms with Crippen LogP contribution >= 0.6 is 11.3 Å². The molecule has 4 aromatic rings. The number of nitrogens with zero attached hydrogens (tertiary/aromatic N) is 4. The van der Waals surface area contributed by atoms with Crippen LogP contribution in [0.1, 0.15) is 45.5 Å². The van der Waals surface area contributed by atoms with Crippen molar-refractivity contribution in [1.82, 2.24) is 24.9 Å². The molecule has 1 N–H and O–H groups in total. The van der Waals surface area contributed by atoms with Gasteiger partial charge in [-0.1, -0.05) is 0 Å². The second-order valence-electron chi connectivity index (χ2n) is 7.39. The minimum absolute atomic E-state index is 0.0140. The quantitative estimate of drug-likeness (QED) is 0.555. The highest BCUT2D eigenvalue weighted by Gasteiger charge is 2.26. The molecule has 0 aliphatic heterocycles. The van der Waals surface area contributed by atoms with Crippen LogP contribution in [0.15, 0.2) is 36.5 Å². The fourth-order valence-electron chi connectivity index (χ4n) is 4.00. The molecule has 1 aliphatic carbocycles. The molecule has 5 rings (SSSR count). The third-order valence-electron chi connectivity index (χ3n) is 5.52. The highest BCUT2D eigenvalue weighted by Crippen LogP contribution is 2.33. The lowest BCUT2D eigenvalue weighted by Crippen LogP contribution is -2.30. The zero-order valence-corrected chi connectivity index (χ0v) is 17.0. The van der Waals surface area contributed by atoms with Gasteiger partial charge in [0.15, 0.2) is 0 Å². The molecule has 0 spiro atoms. The number of hydrogen-bond donors (Lipinski definition) is 1. The van der Waals surface area contributed by atoms with Gasteiger partial charge in [0.1, 0.15) is 10.6 Å². The van der Waals surface area contributed by atoms with Crippen molar-refractivity contribution < 1.29 is 9.18 Å². The van der Waals surface area contributed by atoms with Crippen molar-refractivity contribution in [2.24, 2.45) is 7.05 Å². The Morgan fingerprint density at radius 3 is 2.90 bits per heavy atom. The van der Waals surface area contributed by atoms with E-state index in [2.05, 4.69) is 15.5 Å². The molecular formula is C21H20FN5OS. The second kappa shape index (κ2) is 6.81. The summed E-state index contributed by atoms with van der Waals surface area (Å²) in [6.07, 6.45) is 4.80. The minimum Gasteiger partial charge on any atom is -0.344 e. The highest BCUT2D eigenvalue weighted by atomic mass is 32.1. The summed E-state index contributed by atoms with van der Waals surface area (Å²) >= 11 is 1.40. The van der Waals surface area contributed by atoms with Gasteiger partial charge in [-0.15, -0.1) is 11.3 Å². The lowest BCUT2D eigenvalue weighted by Gasteiger charge is -2.23. The lowest BCUT2D eigenvalue weighted by atomic mass is 9.93. The van der Waals surface area contributed by atoms with E-state index < -0.39 is 0 Å². The molecule has 1 atom stereocenters. The normalized spacial score (nSPS) is 16.2. The molecule has 0 saturated heterocycles. The predicted octanol–water partition coefficient (Wildman–Crippen LogP) is 4.08. The van der Waals surface area contributed by atoms with Crippen LogP contribution < -0.4 is 5.32 Å². The van der Waals surface area contributed by atoms with Gasteiger partial charge in [-0.05, 0) is 56.5 Å². The number of benzene rings is 1. The van der Waals surface area contributed by atoms with E-state index >= 15 is 0 Å². The van der Waals surface area contributed by atoms with Gasteiger partial charge in [-0.2, -0.15) is 10.2 Å². The number of amides is 1. The Kier molecular flexibility index (Phi) is 4.24. The van der Waals surface area contributed by atoms with Crippen molar-refractivity contribution in [3.63, 3.8) is 0 Å². The molecule has 8 heteroatoms. The van der Waals surface area contributed by atoms with Gasteiger partial charge in [0, 0.05) is 23.7 Å². The standard InChI is InChI=1S/C21H20FN5OS/c1-12-15-10-19(29-21(15)27(25-12)14-8-6-13(22)7-9-14)20(28)24-17-4-3-5-18-16(17)11-23-26(18)2/h6-11,17H,3-5H2,1-2H3,(H,24,28). The van der Waals surface area contributed by atoms with Gasteiger partial charge in [-0.25, -0.2) is 9.07 Å². The SMILES string of the molecule is Cc1nn(-c2ccc(F)cc2)c2sc(C(=O)NC3CCCc4c3cnn4C)cc12. The number of aromatic nitrogens is 4. The van der Waals surface area contributed by atoms with E-state index in [1.165, 1.54) is 29.2 Å². The van der Waals surface area contributed by atoms with Gasteiger partial charge >= 0.3 is 0 Å². The molecule has 1 aromatic carbocycles. The molecule has 3 aromatic heterocycles. The molecule has 1 unspecified atom stereocenters. The summed E-state index contributed by atoms with van der Waals surface area (Å²) in [7, 11) is 1.94. The number of nitrogens with one attached hydrogen (secondary N) is 1. The molecule has 3 heterocycles. The average molecular weight is 409 g/mol. The summed E-state index contributed by atoms with van der Waals surface area (Å²) in [6, 6.07) is 8.08. The molecule has 6 nitrogen and oxygen atoms in total. The number of fused-ring (bicyclic) bond motifs is 2. The maximum absolute atomic E-state index is 13.3. The molecule has 148 valence electrons. The molecule has 0 fully saturated rings. The van der Waals surface area contributed by atoms with E-state index in [0.29, 0.717) is 4.88 Å². The zero-order valence-electron chi connectivity index (χ0n) is 16.1. The molecule has 0 bridgehead atoms. The third-order valence-corrected chi connectivity index (χ3v) is 6.63. The first kappa shape index (κ1) is 18.1. The van der Waals surface area contributed by atoms with Crippen LogP contribution in [0.5, 0.6) is 0 Å². The van der Waals surface area contributed by atoms with E-state index in [1.54, 1.807) is 16.8 Å². The van der Waals surface area contributed by atoms with E-state index in [4.69, 9.17) is 0 Å². The van der Waals surface area contributed by atoms with Crippen molar-refractivity contribution in [2.45, 2.75) is 32.2 Å². The van der Waals surface area contributed by atoms with Gasteiger partial charge in [0.25, 0.3) is 5.91 Å². The number of rotatable bonds is 3. The van der Waals surface area contributed by atoms with E-state index in [0.717, 1.165) is 46.4 Å². The number of thiophene rings is 1. The van der Waals surface area contributed by atoms with Crippen LogP contribution in [0.25, 0.3) is 15.9 Å². The van der Waals surface area contributed by atoms with Crippen LogP contribution in [0.4, 0.5) is 4.39 Å². The topological polar surface area (TPSA) is 64.7 Å². The van der Waals surface area contributed by atoms with E-state index in [9.17, 15) is 9.18 Å². The fourth-order valence-corrected chi connectivity index (χ4v) is 5.09. The maximum Gasteiger partial charge on any atom is 0.261 e. The van der Waals surface area contributed by atoms with Crippen molar-refractivity contribution in [3.05, 3.63) is 64.2 Å². The summed E-state index contributed by atoms with van der Waals surface area (Å²) in [5.74, 6) is -0.375. The van der Waals surface area contributed by atoms with Crippen LogP contribution in [0.3, 0.4) is 0 Å². The Bertz CT molecular complexity index is 1220. The molecule has 1 amide bonds. The Hall–Kier alpha value is -3.00. The minimum atomic E-state index is -0.289. The predicted molar refractivity (Wildman–Crippen MR) is 110 cm³/mol. The van der Waals surface area contributed by atoms with Crippen LogP contribution in [0, 0.1) is 12.7 Å². The van der Waals surface area contributed by atoms with Crippen molar-refractivity contribution in [3.8, 4) is 5.69 Å². The maximum atomic E-state index is 13.3. The monoisotopic (exact) mass is 409 g/mol. The number of hydrogen-bond acceptors (Lipinski definition) is 4. The largest absolute Gasteiger partial charge is 0.344 e. The van der Waals surface area contributed by atoms with Gasteiger partial charge in [0.2, 0.25) is 0 Å². The number of carbonyl (C=O) groups is 1.